The van der Waals surface area contributed by atoms with Crippen LogP contribution in [0.3, 0.4) is 0 Å². The van der Waals surface area contributed by atoms with Gasteiger partial charge < -0.3 is 0 Å². The molecule has 0 atom stereocenters. The van der Waals surface area contributed by atoms with E-state index in [1.807, 2.05) is 31.2 Å². The number of rotatable bonds is 3. The van der Waals surface area contributed by atoms with E-state index in [2.05, 4.69) is 6.07 Å². The van der Waals surface area contributed by atoms with Crippen molar-refractivity contribution in [2.24, 2.45) is 0 Å². The van der Waals surface area contributed by atoms with Gasteiger partial charge in [-0.2, -0.15) is 5.26 Å². The standard InChI is InChI=1S/C13H13NOS/c1-10-12(5-3-6-13(10)9-14)7-4-8-16-11(2)15/h3-7H,8H2,1-2H3. The van der Waals surface area contributed by atoms with E-state index in [4.69, 9.17) is 5.26 Å². The van der Waals surface area contributed by atoms with Crippen LogP contribution in [0.2, 0.25) is 0 Å². The molecule has 0 radical (unpaired) electrons. The zero-order valence-corrected chi connectivity index (χ0v) is 10.2. The van der Waals surface area contributed by atoms with E-state index < -0.39 is 0 Å². The highest BCUT2D eigenvalue weighted by Crippen LogP contribution is 2.14. The third-order valence-electron chi connectivity index (χ3n) is 2.18. The Hall–Kier alpha value is -1.53. The fraction of sp³-hybridized carbons (Fsp3) is 0.231. The first-order chi connectivity index (χ1) is 7.65. The number of hydrogen-bond acceptors (Lipinski definition) is 3. The molecule has 1 aromatic rings. The molecule has 0 heterocycles. The van der Waals surface area contributed by atoms with Gasteiger partial charge in [-0.05, 0) is 24.1 Å². The van der Waals surface area contributed by atoms with Gasteiger partial charge in [0.1, 0.15) is 0 Å². The van der Waals surface area contributed by atoms with Crippen LogP contribution in [0.15, 0.2) is 24.3 Å². The maximum atomic E-state index is 10.7. The van der Waals surface area contributed by atoms with Gasteiger partial charge in [-0.3, -0.25) is 4.79 Å². The van der Waals surface area contributed by atoms with E-state index in [-0.39, 0.29) is 5.12 Å². The third kappa shape index (κ3) is 3.56. The highest BCUT2D eigenvalue weighted by atomic mass is 32.2. The van der Waals surface area contributed by atoms with Crippen LogP contribution in [0, 0.1) is 18.3 Å². The van der Waals surface area contributed by atoms with E-state index in [0.29, 0.717) is 11.3 Å². The van der Waals surface area contributed by atoms with Crippen LogP contribution in [-0.4, -0.2) is 10.9 Å². The zero-order chi connectivity index (χ0) is 12.0. The molecule has 0 aliphatic rings. The molecule has 0 N–H and O–H groups in total. The Morgan fingerprint density at radius 2 is 2.31 bits per heavy atom. The molecular formula is C13H13NOS. The minimum Gasteiger partial charge on any atom is -0.288 e. The number of nitrogens with zero attached hydrogens (tertiary/aromatic N) is 1. The molecule has 82 valence electrons. The van der Waals surface area contributed by atoms with Crippen LogP contribution < -0.4 is 0 Å². The Morgan fingerprint density at radius 1 is 1.56 bits per heavy atom. The van der Waals surface area contributed by atoms with Crippen molar-refractivity contribution < 1.29 is 4.79 Å². The predicted octanol–water partition coefficient (Wildman–Crippen LogP) is 3.16. The second-order valence-corrected chi connectivity index (χ2v) is 4.53. The molecule has 0 aliphatic heterocycles. The molecule has 1 aromatic carbocycles. The maximum absolute atomic E-state index is 10.7. The Balaban J connectivity index is 2.75. The summed E-state index contributed by atoms with van der Waals surface area (Å²) in [5, 5.41) is 8.98. The summed E-state index contributed by atoms with van der Waals surface area (Å²) in [5.74, 6) is 0.672. The first-order valence-corrected chi connectivity index (χ1v) is 5.93. The Labute approximate surface area is 100.0 Å². The van der Waals surface area contributed by atoms with Gasteiger partial charge in [0.05, 0.1) is 11.6 Å². The van der Waals surface area contributed by atoms with E-state index in [9.17, 15) is 4.79 Å². The molecule has 0 bridgehead atoms. The maximum Gasteiger partial charge on any atom is 0.186 e. The van der Waals surface area contributed by atoms with E-state index in [0.717, 1.165) is 11.1 Å². The smallest absolute Gasteiger partial charge is 0.186 e. The summed E-state index contributed by atoms with van der Waals surface area (Å²) in [6.07, 6.45) is 3.89. The average molecular weight is 231 g/mol. The van der Waals surface area contributed by atoms with Crippen LogP contribution >= 0.6 is 11.8 Å². The number of thioether (sulfide) groups is 1. The van der Waals surface area contributed by atoms with Gasteiger partial charge in [-0.1, -0.05) is 36.0 Å². The van der Waals surface area contributed by atoms with E-state index in [1.54, 1.807) is 13.0 Å². The largest absolute Gasteiger partial charge is 0.288 e. The van der Waals surface area contributed by atoms with Gasteiger partial charge in [0.25, 0.3) is 0 Å². The van der Waals surface area contributed by atoms with Gasteiger partial charge >= 0.3 is 0 Å². The number of hydrogen-bond donors (Lipinski definition) is 0. The third-order valence-corrected chi connectivity index (χ3v) is 2.94. The fourth-order valence-electron chi connectivity index (χ4n) is 1.30. The SMILES string of the molecule is CC(=O)SCC=Cc1cccc(C#N)c1C. The van der Waals surface area contributed by atoms with Crippen molar-refractivity contribution in [3.63, 3.8) is 0 Å². The number of benzene rings is 1. The average Bonchev–Trinajstić information content (AvgIpc) is 2.26. The second-order valence-electron chi connectivity index (χ2n) is 3.34. The Kier molecular flexibility index (Phi) is 4.81. The quantitative estimate of drug-likeness (QED) is 0.802. The summed E-state index contributed by atoms with van der Waals surface area (Å²) in [6.45, 7) is 3.48. The molecule has 0 amide bonds. The summed E-state index contributed by atoms with van der Waals surface area (Å²) in [7, 11) is 0. The highest BCUT2D eigenvalue weighted by Gasteiger charge is 1.99. The fourth-order valence-corrected chi connectivity index (χ4v) is 1.72. The van der Waals surface area contributed by atoms with Crippen molar-refractivity contribution in [3.8, 4) is 6.07 Å². The first kappa shape index (κ1) is 12.5. The van der Waals surface area contributed by atoms with Gasteiger partial charge in [0, 0.05) is 12.7 Å². The van der Waals surface area contributed by atoms with Gasteiger partial charge in [-0.25, -0.2) is 0 Å². The van der Waals surface area contributed by atoms with Crippen molar-refractivity contribution in [1.29, 1.82) is 5.26 Å². The molecule has 16 heavy (non-hydrogen) atoms. The lowest BCUT2D eigenvalue weighted by atomic mass is 10.0. The summed E-state index contributed by atoms with van der Waals surface area (Å²) >= 11 is 1.28. The molecule has 3 heteroatoms. The molecular weight excluding hydrogens is 218 g/mol. The van der Waals surface area contributed by atoms with Gasteiger partial charge in [0.15, 0.2) is 5.12 Å². The highest BCUT2D eigenvalue weighted by molar-refractivity contribution is 8.13. The Morgan fingerprint density at radius 3 is 2.94 bits per heavy atom. The number of carbonyl (C=O) groups is 1. The van der Waals surface area contributed by atoms with Gasteiger partial charge in [0.2, 0.25) is 0 Å². The monoisotopic (exact) mass is 231 g/mol. The lowest BCUT2D eigenvalue weighted by Crippen LogP contribution is -1.86. The van der Waals surface area contributed by atoms with Crippen molar-refractivity contribution in [2.75, 3.05) is 5.75 Å². The summed E-state index contributed by atoms with van der Waals surface area (Å²) in [6, 6.07) is 7.78. The number of carbonyl (C=O) groups excluding carboxylic acids is 1. The summed E-state index contributed by atoms with van der Waals surface area (Å²) in [4.78, 5) is 10.7. The number of nitriles is 1. The molecule has 0 unspecified atom stereocenters. The lowest BCUT2D eigenvalue weighted by molar-refractivity contribution is -0.109. The zero-order valence-electron chi connectivity index (χ0n) is 9.36. The van der Waals surface area contributed by atoms with Gasteiger partial charge in [-0.15, -0.1) is 0 Å². The Bertz CT molecular complexity index is 457. The van der Waals surface area contributed by atoms with E-state index in [1.165, 1.54) is 11.8 Å². The van der Waals surface area contributed by atoms with Crippen LogP contribution in [0.5, 0.6) is 0 Å². The molecule has 0 aromatic heterocycles. The second kappa shape index (κ2) is 6.14. The molecule has 0 aliphatic carbocycles. The molecule has 0 saturated heterocycles. The minimum absolute atomic E-state index is 0.118. The predicted molar refractivity (Wildman–Crippen MR) is 68.1 cm³/mol. The van der Waals surface area contributed by atoms with Crippen LogP contribution in [0.25, 0.3) is 6.08 Å². The normalized spacial score (nSPS) is 10.3. The van der Waals surface area contributed by atoms with Crippen LogP contribution in [-0.2, 0) is 4.79 Å². The summed E-state index contributed by atoms with van der Waals surface area (Å²) in [5.41, 5.74) is 2.71. The minimum atomic E-state index is 0.118. The van der Waals surface area contributed by atoms with E-state index >= 15 is 0 Å². The first-order valence-electron chi connectivity index (χ1n) is 4.94. The lowest BCUT2D eigenvalue weighted by Gasteiger charge is -2.01. The summed E-state index contributed by atoms with van der Waals surface area (Å²) < 4.78 is 0. The van der Waals surface area contributed by atoms with Crippen molar-refractivity contribution >= 4 is 23.0 Å². The van der Waals surface area contributed by atoms with Crippen molar-refractivity contribution in [1.82, 2.24) is 0 Å². The van der Waals surface area contributed by atoms with Crippen molar-refractivity contribution in [2.45, 2.75) is 13.8 Å². The van der Waals surface area contributed by atoms with Crippen molar-refractivity contribution in [3.05, 3.63) is 41.0 Å². The topological polar surface area (TPSA) is 40.9 Å². The molecule has 1 rings (SSSR count). The molecule has 2 nitrogen and oxygen atoms in total. The van der Waals surface area contributed by atoms with Crippen LogP contribution in [0.4, 0.5) is 0 Å². The molecule has 0 fully saturated rings. The molecule has 0 saturated carbocycles. The van der Waals surface area contributed by atoms with Crippen LogP contribution in [0.1, 0.15) is 23.6 Å². The molecule has 0 spiro atoms.